The second-order valence-corrected chi connectivity index (χ2v) is 13.7. The van der Waals surface area contributed by atoms with Crippen LogP contribution in [0.4, 0.5) is 0 Å². The summed E-state index contributed by atoms with van der Waals surface area (Å²) in [4.78, 5) is 31.5. The molecule has 6 heteroatoms. The zero-order valence-electron chi connectivity index (χ0n) is 27.4. The van der Waals surface area contributed by atoms with Gasteiger partial charge in [0, 0.05) is 18.5 Å². The maximum atomic E-state index is 13.1. The Morgan fingerprint density at radius 1 is 0.933 bits per heavy atom. The smallest absolute Gasteiger partial charge is 0.307 e. The molecule has 1 atom stereocenters. The third-order valence-electron chi connectivity index (χ3n) is 8.95. The maximum Gasteiger partial charge on any atom is 0.307 e. The number of benzene rings is 3. The summed E-state index contributed by atoms with van der Waals surface area (Å²) in [6.45, 7) is 10.0. The quantitative estimate of drug-likeness (QED) is 0.189. The number of amides is 1. The molecule has 1 N–H and O–H groups in total. The molecule has 1 saturated carbocycles. The maximum absolute atomic E-state index is 13.1. The Morgan fingerprint density at radius 2 is 1.67 bits per heavy atom. The van der Waals surface area contributed by atoms with E-state index in [9.17, 15) is 14.7 Å². The number of carbonyl (C=O) groups excluding carboxylic acids is 1. The number of aryl methyl sites for hydroxylation is 2. The number of hydrogen-bond acceptors (Lipinski definition) is 4. The predicted octanol–water partition coefficient (Wildman–Crippen LogP) is 8.04. The number of aliphatic imine (C=N–C) groups is 1. The summed E-state index contributed by atoms with van der Waals surface area (Å²) in [5.74, 6) is 1.46. The van der Waals surface area contributed by atoms with Gasteiger partial charge in [-0.2, -0.15) is 0 Å². The number of likely N-dealkylation sites (N-methyl/N-ethyl adjacent to an activating group) is 1. The molecule has 3 aromatic carbocycles. The van der Waals surface area contributed by atoms with Crippen LogP contribution in [0.5, 0.6) is 5.75 Å². The molecule has 5 rings (SSSR count). The van der Waals surface area contributed by atoms with Crippen LogP contribution in [0.3, 0.4) is 0 Å². The van der Waals surface area contributed by atoms with Gasteiger partial charge in [0.15, 0.2) is 0 Å². The molecule has 1 unspecified atom stereocenters. The van der Waals surface area contributed by atoms with Gasteiger partial charge in [-0.05, 0) is 103 Å². The van der Waals surface area contributed by atoms with Gasteiger partial charge in [-0.3, -0.25) is 19.5 Å². The molecule has 6 nitrogen and oxygen atoms in total. The Labute approximate surface area is 268 Å². The van der Waals surface area contributed by atoms with Crippen molar-refractivity contribution in [2.45, 2.75) is 96.9 Å². The van der Waals surface area contributed by atoms with Crippen LogP contribution < -0.4 is 4.74 Å². The lowest BCUT2D eigenvalue weighted by Crippen LogP contribution is -2.35. The van der Waals surface area contributed by atoms with Crippen LogP contribution in [0.1, 0.15) is 88.5 Å². The van der Waals surface area contributed by atoms with Crippen molar-refractivity contribution in [3.05, 3.63) is 89.0 Å². The van der Waals surface area contributed by atoms with Crippen LogP contribution >= 0.6 is 0 Å². The second-order valence-electron chi connectivity index (χ2n) is 13.7. The van der Waals surface area contributed by atoms with Gasteiger partial charge >= 0.3 is 5.97 Å². The number of carboxylic acids is 1. The number of carboxylic acid groups (broad SMARTS) is 1. The van der Waals surface area contributed by atoms with E-state index in [0.717, 1.165) is 55.5 Å². The van der Waals surface area contributed by atoms with Gasteiger partial charge in [-0.1, -0.05) is 75.4 Å². The topological polar surface area (TPSA) is 79.2 Å². The first kappa shape index (κ1) is 32.5. The molecule has 0 radical (unpaired) electrons. The van der Waals surface area contributed by atoms with E-state index >= 15 is 0 Å². The molecule has 1 fully saturated rings. The molecule has 1 aliphatic heterocycles. The average molecular weight is 609 g/mol. The molecule has 238 valence electrons. The van der Waals surface area contributed by atoms with Crippen LogP contribution in [0.25, 0.3) is 11.1 Å². The zero-order valence-corrected chi connectivity index (χ0v) is 27.4. The number of aliphatic carboxylic acids is 1. The van der Waals surface area contributed by atoms with Crippen LogP contribution in [0, 0.1) is 5.92 Å². The summed E-state index contributed by atoms with van der Waals surface area (Å²) >= 11 is 0. The molecular formula is C39H48N2O4. The number of nitrogens with zero attached hydrogens (tertiary/aromatic N) is 2. The molecule has 0 bridgehead atoms. The van der Waals surface area contributed by atoms with Crippen LogP contribution in [-0.2, 0) is 34.3 Å². The summed E-state index contributed by atoms with van der Waals surface area (Å²) < 4.78 is 5.96. The Hall–Kier alpha value is -3.93. The summed E-state index contributed by atoms with van der Waals surface area (Å²) in [7, 11) is 0. The molecule has 1 amide bonds. The van der Waals surface area contributed by atoms with Crippen molar-refractivity contribution < 1.29 is 19.4 Å². The van der Waals surface area contributed by atoms with Gasteiger partial charge in [0.25, 0.3) is 5.91 Å². The lowest BCUT2D eigenvalue weighted by atomic mass is 9.86. The minimum absolute atomic E-state index is 0.0617. The predicted molar refractivity (Wildman–Crippen MR) is 181 cm³/mol. The van der Waals surface area contributed by atoms with Crippen LogP contribution in [0.15, 0.2) is 71.7 Å². The monoisotopic (exact) mass is 608 g/mol. The van der Waals surface area contributed by atoms with E-state index < -0.39 is 5.97 Å². The fraction of sp³-hybridized carbons (Fsp3) is 0.462. The second kappa shape index (κ2) is 14.4. The van der Waals surface area contributed by atoms with Crippen molar-refractivity contribution in [3.63, 3.8) is 0 Å². The standard InChI is InChI=1S/C39H48N2O4/c1-5-41-36(40-34(38(41)44)13-7-9-27-17-20-33(21-18-27)39(2,3)4)14-8-11-28-10-6-12-30(23-28)31-19-22-35(45-26-29-15-16-29)32(24-31)25-37(42)43/h6,10,12,17-24,29,34H,5,7-9,11,13-16,25-26H2,1-4H3,(H,42,43). The molecule has 0 aromatic heterocycles. The summed E-state index contributed by atoms with van der Waals surface area (Å²) in [5, 5.41) is 9.47. The van der Waals surface area contributed by atoms with Crippen molar-refractivity contribution in [2.24, 2.45) is 10.9 Å². The van der Waals surface area contributed by atoms with E-state index in [-0.39, 0.29) is 23.8 Å². The summed E-state index contributed by atoms with van der Waals surface area (Å²) in [5.41, 5.74) is 6.77. The highest BCUT2D eigenvalue weighted by Crippen LogP contribution is 2.33. The number of amidine groups is 1. The molecule has 0 spiro atoms. The van der Waals surface area contributed by atoms with E-state index in [0.29, 0.717) is 30.4 Å². The van der Waals surface area contributed by atoms with Gasteiger partial charge in [0.05, 0.1) is 13.0 Å². The molecular weight excluding hydrogens is 560 g/mol. The lowest BCUT2D eigenvalue weighted by molar-refractivity contribution is -0.136. The molecule has 2 aliphatic rings. The van der Waals surface area contributed by atoms with E-state index in [4.69, 9.17) is 9.73 Å². The van der Waals surface area contributed by atoms with Crippen molar-refractivity contribution in [3.8, 4) is 16.9 Å². The highest BCUT2D eigenvalue weighted by atomic mass is 16.5. The molecule has 3 aromatic rings. The molecule has 45 heavy (non-hydrogen) atoms. The average Bonchev–Trinajstić information content (AvgIpc) is 3.79. The SMILES string of the molecule is CCN1C(=O)C(CCCc2ccc(C(C)(C)C)cc2)N=C1CCCc1cccc(-c2ccc(OCC3CC3)c(CC(=O)O)c2)c1. The minimum atomic E-state index is -0.861. The third kappa shape index (κ3) is 8.84. The van der Waals surface area contributed by atoms with E-state index in [1.165, 1.54) is 29.5 Å². The largest absolute Gasteiger partial charge is 0.493 e. The normalized spacial score (nSPS) is 16.6. The number of ether oxygens (including phenoxy) is 1. The summed E-state index contributed by atoms with van der Waals surface area (Å²) in [6, 6.07) is 22.9. The highest BCUT2D eigenvalue weighted by Gasteiger charge is 2.32. The third-order valence-corrected chi connectivity index (χ3v) is 8.95. The highest BCUT2D eigenvalue weighted by molar-refractivity contribution is 6.05. The van der Waals surface area contributed by atoms with E-state index in [1.54, 1.807) is 0 Å². The van der Waals surface area contributed by atoms with E-state index in [2.05, 4.69) is 69.3 Å². The van der Waals surface area contributed by atoms with Crippen LogP contribution in [0.2, 0.25) is 0 Å². The number of rotatable bonds is 15. The molecule has 1 heterocycles. The van der Waals surface area contributed by atoms with Crippen LogP contribution in [-0.4, -0.2) is 46.9 Å². The molecule has 0 saturated heterocycles. The fourth-order valence-electron chi connectivity index (χ4n) is 6.06. The van der Waals surface area contributed by atoms with Crippen molar-refractivity contribution >= 4 is 17.7 Å². The Balaban J connectivity index is 1.16. The fourth-order valence-corrected chi connectivity index (χ4v) is 6.06. The Kier molecular flexibility index (Phi) is 10.4. The Bertz CT molecular complexity index is 1510. The van der Waals surface area contributed by atoms with Crippen molar-refractivity contribution in [2.75, 3.05) is 13.2 Å². The Morgan fingerprint density at radius 3 is 2.36 bits per heavy atom. The van der Waals surface area contributed by atoms with Gasteiger partial charge in [-0.15, -0.1) is 0 Å². The molecule has 1 aliphatic carbocycles. The summed E-state index contributed by atoms with van der Waals surface area (Å²) in [6.07, 6.45) is 7.52. The minimum Gasteiger partial charge on any atom is -0.493 e. The zero-order chi connectivity index (χ0) is 32.0. The van der Waals surface area contributed by atoms with E-state index in [1.807, 2.05) is 30.0 Å². The first-order valence-electron chi connectivity index (χ1n) is 16.6. The van der Waals surface area contributed by atoms with Gasteiger partial charge in [0.2, 0.25) is 0 Å². The van der Waals surface area contributed by atoms with Crippen molar-refractivity contribution in [1.82, 2.24) is 4.90 Å². The number of carbonyl (C=O) groups is 2. The first-order chi connectivity index (χ1) is 21.6. The van der Waals surface area contributed by atoms with Gasteiger partial charge in [0.1, 0.15) is 17.6 Å². The number of hydrogen-bond donors (Lipinski definition) is 1. The lowest BCUT2D eigenvalue weighted by Gasteiger charge is -2.19. The van der Waals surface area contributed by atoms with Crippen molar-refractivity contribution in [1.29, 1.82) is 0 Å². The first-order valence-corrected chi connectivity index (χ1v) is 16.6. The van der Waals surface area contributed by atoms with Gasteiger partial charge in [-0.25, -0.2) is 0 Å². The van der Waals surface area contributed by atoms with Gasteiger partial charge < -0.3 is 9.84 Å².